The van der Waals surface area contributed by atoms with Gasteiger partial charge < -0.3 is 4.74 Å². The second-order valence-electron chi connectivity index (χ2n) is 6.22. The molecule has 3 rings (SSSR count). The predicted octanol–water partition coefficient (Wildman–Crippen LogP) is 2.26. The van der Waals surface area contributed by atoms with Crippen molar-refractivity contribution in [2.45, 2.75) is 6.42 Å². The third kappa shape index (κ3) is 4.55. The molecule has 1 saturated heterocycles. The highest BCUT2D eigenvalue weighted by atomic mass is 35.5. The van der Waals surface area contributed by atoms with Crippen molar-refractivity contribution in [1.82, 2.24) is 10.4 Å². The fourth-order valence-corrected chi connectivity index (χ4v) is 2.99. The molecule has 0 spiro atoms. The minimum Gasteiger partial charge on any atom is -0.457 e. The molecule has 0 aliphatic carbocycles. The summed E-state index contributed by atoms with van der Waals surface area (Å²) in [7, 11) is 0. The summed E-state index contributed by atoms with van der Waals surface area (Å²) >= 11 is 5.97. The van der Waals surface area contributed by atoms with Crippen LogP contribution in [0.15, 0.2) is 54.6 Å². The Balaban J connectivity index is 1.53. The Kier molecular flexibility index (Phi) is 6.06. The Morgan fingerprint density at radius 2 is 1.75 bits per heavy atom. The van der Waals surface area contributed by atoms with Crippen LogP contribution in [0.2, 0.25) is 5.02 Å². The van der Waals surface area contributed by atoms with Gasteiger partial charge in [-0.05, 0) is 12.1 Å². The summed E-state index contributed by atoms with van der Waals surface area (Å²) in [5.74, 6) is -2.72. The Morgan fingerprint density at radius 3 is 2.46 bits per heavy atom. The van der Waals surface area contributed by atoms with Crippen molar-refractivity contribution in [1.29, 1.82) is 0 Å². The number of ketones is 1. The molecule has 1 atom stereocenters. The summed E-state index contributed by atoms with van der Waals surface area (Å²) in [5, 5.41) is 1.32. The van der Waals surface area contributed by atoms with E-state index >= 15 is 0 Å². The molecule has 2 aromatic rings. The van der Waals surface area contributed by atoms with E-state index in [0.29, 0.717) is 5.56 Å². The standard InChI is InChI=1S/C20H17ClN2O5/c21-16-9-5-4-8-15(16)19(26)22-23-11-14(10-18(23)25)20(27)28-12-17(24)13-6-2-1-3-7-13/h1-9,14H,10-12H2,(H,22,26)/t14-/m1/s1. The van der Waals surface area contributed by atoms with Crippen molar-refractivity contribution in [3.63, 3.8) is 0 Å². The normalized spacial score (nSPS) is 16.0. The number of carbonyl (C=O) groups excluding carboxylic acids is 4. The second kappa shape index (κ2) is 8.67. The molecule has 0 radical (unpaired) electrons. The van der Waals surface area contributed by atoms with E-state index < -0.39 is 30.3 Å². The zero-order valence-corrected chi connectivity index (χ0v) is 15.5. The number of hydrazine groups is 1. The highest BCUT2D eigenvalue weighted by molar-refractivity contribution is 6.33. The number of amides is 2. The Hall–Kier alpha value is -3.19. The van der Waals surface area contributed by atoms with Crippen LogP contribution < -0.4 is 5.43 Å². The van der Waals surface area contributed by atoms with Crippen LogP contribution in [-0.2, 0) is 14.3 Å². The summed E-state index contributed by atoms with van der Waals surface area (Å²) in [4.78, 5) is 48.6. The molecule has 0 unspecified atom stereocenters. The molecule has 1 aliphatic rings. The van der Waals surface area contributed by atoms with Crippen molar-refractivity contribution in [3.8, 4) is 0 Å². The monoisotopic (exact) mass is 400 g/mol. The number of ether oxygens (including phenoxy) is 1. The van der Waals surface area contributed by atoms with Gasteiger partial charge in [0.05, 0.1) is 23.0 Å². The van der Waals surface area contributed by atoms with Gasteiger partial charge in [0.15, 0.2) is 12.4 Å². The maximum atomic E-state index is 12.3. The lowest BCUT2D eigenvalue weighted by molar-refractivity contribution is -0.147. The lowest BCUT2D eigenvalue weighted by Crippen LogP contribution is -2.43. The quantitative estimate of drug-likeness (QED) is 0.593. The number of hydrogen-bond donors (Lipinski definition) is 1. The summed E-state index contributed by atoms with van der Waals surface area (Å²) in [5.41, 5.74) is 3.10. The van der Waals surface area contributed by atoms with Crippen LogP contribution in [0.25, 0.3) is 0 Å². The van der Waals surface area contributed by atoms with Crippen LogP contribution in [0.4, 0.5) is 0 Å². The highest BCUT2D eigenvalue weighted by Gasteiger charge is 2.36. The first-order chi connectivity index (χ1) is 13.5. The van der Waals surface area contributed by atoms with Crippen LogP contribution in [0.3, 0.4) is 0 Å². The lowest BCUT2D eigenvalue weighted by atomic mass is 10.1. The Bertz CT molecular complexity index is 916. The Morgan fingerprint density at radius 1 is 1.07 bits per heavy atom. The van der Waals surface area contributed by atoms with E-state index in [1.165, 1.54) is 6.07 Å². The fourth-order valence-electron chi connectivity index (χ4n) is 2.76. The van der Waals surface area contributed by atoms with Gasteiger partial charge in [0.2, 0.25) is 5.91 Å². The first-order valence-electron chi connectivity index (χ1n) is 8.56. The molecule has 144 valence electrons. The van der Waals surface area contributed by atoms with Crippen LogP contribution in [-0.4, -0.2) is 41.7 Å². The number of esters is 1. The molecule has 1 aliphatic heterocycles. The molecular formula is C20H17ClN2O5. The van der Waals surface area contributed by atoms with E-state index in [9.17, 15) is 19.2 Å². The van der Waals surface area contributed by atoms with Crippen molar-refractivity contribution in [2.75, 3.05) is 13.2 Å². The molecule has 0 bridgehead atoms. The SMILES string of the molecule is O=C(COC(=O)[C@@H]1CC(=O)N(NC(=O)c2ccccc2Cl)C1)c1ccccc1. The number of Topliss-reactive ketones (excluding diaryl/α,β-unsaturated/α-hetero) is 1. The third-order valence-electron chi connectivity index (χ3n) is 4.25. The van der Waals surface area contributed by atoms with Gasteiger partial charge in [-0.2, -0.15) is 0 Å². The third-order valence-corrected chi connectivity index (χ3v) is 4.58. The molecule has 1 heterocycles. The maximum absolute atomic E-state index is 12.3. The van der Waals surface area contributed by atoms with E-state index in [4.69, 9.17) is 16.3 Å². The first-order valence-corrected chi connectivity index (χ1v) is 8.94. The predicted molar refractivity (Wildman–Crippen MR) is 100 cm³/mol. The van der Waals surface area contributed by atoms with E-state index in [-0.39, 0.29) is 29.3 Å². The summed E-state index contributed by atoms with van der Waals surface area (Å²) in [6, 6.07) is 14.9. The average molecular weight is 401 g/mol. The Labute approximate surface area is 166 Å². The van der Waals surface area contributed by atoms with Crippen molar-refractivity contribution in [3.05, 3.63) is 70.7 Å². The van der Waals surface area contributed by atoms with Gasteiger partial charge in [-0.3, -0.25) is 29.6 Å². The van der Waals surface area contributed by atoms with Gasteiger partial charge in [-0.25, -0.2) is 0 Å². The molecular weight excluding hydrogens is 384 g/mol. The zero-order valence-electron chi connectivity index (χ0n) is 14.8. The average Bonchev–Trinajstić information content (AvgIpc) is 3.07. The smallest absolute Gasteiger partial charge is 0.311 e. The van der Waals surface area contributed by atoms with Crippen molar-refractivity contribution in [2.24, 2.45) is 5.92 Å². The first kappa shape index (κ1) is 19.6. The topological polar surface area (TPSA) is 92.8 Å². The summed E-state index contributed by atoms with van der Waals surface area (Å²) in [6.45, 7) is -0.438. The molecule has 0 saturated carbocycles. The van der Waals surface area contributed by atoms with E-state index in [0.717, 1.165) is 5.01 Å². The van der Waals surface area contributed by atoms with Crippen molar-refractivity contribution >= 4 is 35.2 Å². The van der Waals surface area contributed by atoms with Gasteiger partial charge >= 0.3 is 5.97 Å². The minimum absolute atomic E-state index is 0.0343. The van der Waals surface area contributed by atoms with Gasteiger partial charge in [0.25, 0.3) is 5.91 Å². The number of nitrogens with one attached hydrogen (secondary N) is 1. The number of carbonyl (C=O) groups is 4. The van der Waals surface area contributed by atoms with Gasteiger partial charge in [-0.15, -0.1) is 0 Å². The van der Waals surface area contributed by atoms with E-state index in [1.54, 1.807) is 48.5 Å². The fraction of sp³-hybridized carbons (Fsp3) is 0.200. The van der Waals surface area contributed by atoms with Crippen LogP contribution in [0.1, 0.15) is 27.1 Å². The molecule has 1 fully saturated rings. The molecule has 0 aromatic heterocycles. The molecule has 7 nitrogen and oxygen atoms in total. The highest BCUT2D eigenvalue weighted by Crippen LogP contribution is 2.19. The molecule has 1 N–H and O–H groups in total. The molecule has 8 heteroatoms. The second-order valence-corrected chi connectivity index (χ2v) is 6.63. The van der Waals surface area contributed by atoms with Gasteiger partial charge in [0, 0.05) is 12.0 Å². The van der Waals surface area contributed by atoms with E-state index in [2.05, 4.69) is 5.43 Å². The number of nitrogens with zero attached hydrogens (tertiary/aromatic N) is 1. The molecule has 2 aromatic carbocycles. The summed E-state index contributed by atoms with van der Waals surface area (Å²) in [6.07, 6.45) is -0.110. The molecule has 28 heavy (non-hydrogen) atoms. The van der Waals surface area contributed by atoms with E-state index in [1.807, 2.05) is 0 Å². The van der Waals surface area contributed by atoms with Crippen LogP contribution >= 0.6 is 11.6 Å². The zero-order chi connectivity index (χ0) is 20.1. The van der Waals surface area contributed by atoms with Crippen LogP contribution in [0, 0.1) is 5.92 Å². The number of hydrogen-bond acceptors (Lipinski definition) is 5. The van der Waals surface area contributed by atoms with Gasteiger partial charge in [0.1, 0.15) is 0 Å². The molecule has 2 amide bonds. The summed E-state index contributed by atoms with van der Waals surface area (Å²) < 4.78 is 5.05. The number of halogens is 1. The largest absolute Gasteiger partial charge is 0.457 e. The number of rotatable bonds is 6. The van der Waals surface area contributed by atoms with Crippen molar-refractivity contribution < 1.29 is 23.9 Å². The maximum Gasteiger partial charge on any atom is 0.311 e. The lowest BCUT2D eigenvalue weighted by Gasteiger charge is -2.18. The van der Waals surface area contributed by atoms with Gasteiger partial charge in [-0.1, -0.05) is 54.1 Å². The van der Waals surface area contributed by atoms with Crippen LogP contribution in [0.5, 0.6) is 0 Å². The minimum atomic E-state index is -0.761. The number of benzene rings is 2.